The molecule has 0 radical (unpaired) electrons. The molecule has 0 aliphatic carbocycles. The van der Waals surface area contributed by atoms with E-state index in [2.05, 4.69) is 70.7 Å². The van der Waals surface area contributed by atoms with Crippen LogP contribution in [0.1, 0.15) is 89.8 Å². The van der Waals surface area contributed by atoms with E-state index in [0.717, 1.165) is 14.4 Å². The highest BCUT2D eigenvalue weighted by Gasteiger charge is 2.44. The fourth-order valence-corrected chi connectivity index (χ4v) is 10.7. The highest BCUT2D eigenvalue weighted by Crippen LogP contribution is 2.42. The predicted molar refractivity (Wildman–Crippen MR) is 293 cm³/mol. The number of fused-ring (bicyclic) bond motifs is 3. The van der Waals surface area contributed by atoms with Gasteiger partial charge in [-0.15, -0.1) is 45.0 Å². The lowest BCUT2D eigenvalue weighted by molar-refractivity contribution is -0.153. The Morgan fingerprint density at radius 3 is 1.31 bits per heavy atom. The molecule has 11 atom stereocenters. The standard InChI is InChI=1S/C17H27N8O6P.C16H17N6O7P.C9H13N6O6P.C2H6/c1-8(10(3)26)23-32(29,24-9(2)11(4)27)7-30-13-5-12(28)17(31-13)25-21-14-15(18)19-6-20-16(14)22-25;17-13-12-14(19-7-18-13)21-22(20-12)15-10(6-11(29-15)27-8-30(24,25)26)28-16(23)9-4-2-1-3-5-9;10-7-6-8(12-2-11-7)14-15(13-6)9-4(16)1-5(21-9)20-3-22(17,18)19;1-2/h6,8-9,12-13,17,28H,5,7H2,1-4H3,(H2,23,24,29)(H2,18,19,20,22);1-5,7,10-11,15H,6,8H2,(H2,24,25,26)(H2,17,18,19,21);2,4-5,9,16H,1,3H2,(H2,17,18,19)(H2,10,11,12,14);1-2H3/t8-,9-,12+,13-,17+;10-,11+,15-;4-,5+,9-;/m011./s1. The highest BCUT2D eigenvalue weighted by molar-refractivity contribution is 7.59. The maximum absolute atomic E-state index is 13.4. The van der Waals surface area contributed by atoms with Crippen LogP contribution in [0.15, 0.2) is 49.3 Å². The van der Waals surface area contributed by atoms with Gasteiger partial charge in [-0.3, -0.25) is 23.3 Å². The molecule has 3 aliphatic heterocycles. The quantitative estimate of drug-likeness (QED) is 0.0345. The predicted octanol–water partition coefficient (Wildman–Crippen LogP) is -0.276. The molecular formula is C44H63N20O19P3. The van der Waals surface area contributed by atoms with Crippen molar-refractivity contribution in [3.05, 3.63) is 54.9 Å². The third kappa shape index (κ3) is 17.6. The van der Waals surface area contributed by atoms with Crippen LogP contribution in [-0.2, 0) is 56.4 Å². The van der Waals surface area contributed by atoms with Gasteiger partial charge in [-0.05, 0) is 39.8 Å². The smallest absolute Gasteiger partial charge is 0.351 e. The van der Waals surface area contributed by atoms with Gasteiger partial charge in [0, 0.05) is 19.3 Å². The van der Waals surface area contributed by atoms with Crippen LogP contribution in [0.25, 0.3) is 33.5 Å². The maximum atomic E-state index is 13.4. The van der Waals surface area contributed by atoms with Gasteiger partial charge >= 0.3 is 21.2 Å². The highest BCUT2D eigenvalue weighted by atomic mass is 31.2. The average Bonchev–Trinajstić information content (AvgIpc) is 2.85. The number of nitrogen functional groups attached to an aromatic ring is 3. The SMILES string of the molecule is CC.CC(=O)[C@H](C)NP(=O)(CO[C@@H]1C[C@@H](O)[C@H](n2nc3ncnc(N)c3n2)O1)N[C@@H](C)C(C)=O.Nc1ncnc2nn([C@@H]3O[C@H](OCP(=O)(O)O)C[C@H]3O)nc12.Nc1ncnc2nn([C@@H]3O[C@H](OCP(=O)(O)O)C[C@H]3OC(=O)c3ccccc3)nc12. The van der Waals surface area contributed by atoms with Crippen molar-refractivity contribution >= 4 is 91.1 Å². The van der Waals surface area contributed by atoms with Gasteiger partial charge in [0.2, 0.25) is 30.6 Å². The van der Waals surface area contributed by atoms with Crippen molar-refractivity contribution < 1.29 is 91.0 Å². The molecule has 42 heteroatoms. The minimum atomic E-state index is -4.42. The van der Waals surface area contributed by atoms with Crippen LogP contribution in [-0.4, -0.2) is 191 Å². The Morgan fingerprint density at radius 1 is 0.581 bits per heavy atom. The molecule has 3 saturated heterocycles. The van der Waals surface area contributed by atoms with Crippen LogP contribution in [0, 0.1) is 0 Å². The van der Waals surface area contributed by atoms with Crippen LogP contribution < -0.4 is 27.4 Å². The zero-order valence-electron chi connectivity index (χ0n) is 46.5. The summed E-state index contributed by atoms with van der Waals surface area (Å²) in [4.78, 5) is 98.0. The van der Waals surface area contributed by atoms with E-state index >= 15 is 0 Å². The molecule has 0 bridgehead atoms. The summed E-state index contributed by atoms with van der Waals surface area (Å²) in [6.45, 7) is 9.83. The Hall–Kier alpha value is -7.00. The number of aliphatic hydroxyl groups is 2. The van der Waals surface area contributed by atoms with Gasteiger partial charge in [-0.25, -0.2) is 44.9 Å². The number of ether oxygens (including phenoxy) is 7. The van der Waals surface area contributed by atoms with E-state index in [9.17, 15) is 38.3 Å². The Kier molecular flexibility index (Phi) is 22.2. The lowest BCUT2D eigenvalue weighted by atomic mass is 10.2. The summed E-state index contributed by atoms with van der Waals surface area (Å²) >= 11 is 0. The molecule has 0 spiro atoms. The summed E-state index contributed by atoms with van der Waals surface area (Å²) in [6.07, 6.45) is -7.19. The molecule has 3 aliphatic rings. The summed E-state index contributed by atoms with van der Waals surface area (Å²) in [5.74, 6) is -0.683. The van der Waals surface area contributed by atoms with Crippen molar-refractivity contribution in [3.8, 4) is 0 Å². The number of esters is 1. The number of nitrogens with zero attached hydrogens (tertiary/aromatic N) is 15. The van der Waals surface area contributed by atoms with Gasteiger partial charge in [0.15, 0.2) is 84.1 Å². The number of Topliss-reactive ketones (excluding diaryl/α,β-unsaturated/α-hetero) is 2. The molecule has 10 rings (SSSR count). The van der Waals surface area contributed by atoms with E-state index in [4.69, 9.17) is 69.9 Å². The second-order valence-corrected chi connectivity index (χ2v) is 24.2. The van der Waals surface area contributed by atoms with Crippen LogP contribution in [0.3, 0.4) is 0 Å². The van der Waals surface area contributed by atoms with Crippen molar-refractivity contribution in [3.63, 3.8) is 0 Å². The maximum Gasteiger partial charge on any atom is 0.351 e. The summed E-state index contributed by atoms with van der Waals surface area (Å²) in [5.41, 5.74) is 19.0. The van der Waals surface area contributed by atoms with Crippen molar-refractivity contribution in [1.82, 2.24) is 85.1 Å². The number of carbonyl (C=O) groups is 3. The number of anilines is 3. The van der Waals surface area contributed by atoms with Gasteiger partial charge in [0.05, 0.1) is 17.6 Å². The van der Waals surface area contributed by atoms with Gasteiger partial charge < -0.3 is 80.1 Å². The topological polar surface area (TPSA) is 560 Å². The summed E-state index contributed by atoms with van der Waals surface area (Å²) in [5, 5.41) is 50.6. The number of benzene rings is 1. The van der Waals surface area contributed by atoms with Crippen molar-refractivity contribution in [1.29, 1.82) is 0 Å². The number of hydrogen-bond acceptors (Lipinski definition) is 30. The molecule has 468 valence electrons. The van der Waals surface area contributed by atoms with Gasteiger partial charge in [-0.1, -0.05) is 32.0 Å². The third-order valence-corrected chi connectivity index (χ3v) is 15.2. The number of ketones is 2. The Labute approximate surface area is 485 Å². The van der Waals surface area contributed by atoms with E-state index in [-0.39, 0.29) is 88.1 Å². The minimum absolute atomic E-state index is 0.00227. The molecule has 3 fully saturated rings. The van der Waals surface area contributed by atoms with E-state index < -0.39 is 109 Å². The lowest BCUT2D eigenvalue weighted by Crippen LogP contribution is -2.41. The zero-order chi connectivity index (χ0) is 62.8. The molecule has 6 aromatic heterocycles. The number of rotatable bonds is 20. The molecule has 1 aromatic carbocycles. The van der Waals surface area contributed by atoms with Gasteiger partial charge in [0.25, 0.3) is 0 Å². The average molecular weight is 1270 g/mol. The molecular weight excluding hydrogens is 1210 g/mol. The fraction of sp³-hybridized carbons (Fsp3) is 0.523. The van der Waals surface area contributed by atoms with E-state index in [1.54, 1.807) is 44.2 Å². The number of carbonyl (C=O) groups excluding carboxylic acids is 3. The van der Waals surface area contributed by atoms with E-state index in [1.807, 2.05) is 13.8 Å². The van der Waals surface area contributed by atoms with Crippen LogP contribution in [0.4, 0.5) is 17.5 Å². The summed E-state index contributed by atoms with van der Waals surface area (Å²) in [6, 6.07) is 6.85. The molecule has 9 heterocycles. The Bertz CT molecular complexity index is 3590. The molecule has 0 unspecified atom stereocenters. The van der Waals surface area contributed by atoms with Crippen LogP contribution in [0.5, 0.6) is 0 Å². The minimum Gasteiger partial charge on any atom is -0.454 e. The first-order valence-corrected chi connectivity index (χ1v) is 31.3. The van der Waals surface area contributed by atoms with Crippen LogP contribution >= 0.6 is 22.6 Å². The number of aliphatic hydroxyl groups excluding tert-OH is 2. The number of nitrogens with two attached hydrogens (primary N) is 3. The van der Waals surface area contributed by atoms with Crippen molar-refractivity contribution in [2.45, 2.75) is 129 Å². The summed E-state index contributed by atoms with van der Waals surface area (Å²) < 4.78 is 73.2. The second-order valence-electron chi connectivity index (χ2n) is 18.8. The number of aromatic nitrogens is 15. The Morgan fingerprint density at radius 2 is 0.942 bits per heavy atom. The first kappa shape index (κ1) is 66.5. The molecule has 0 saturated carbocycles. The lowest BCUT2D eigenvalue weighted by Gasteiger charge is -2.27. The molecule has 0 amide bonds. The second kappa shape index (κ2) is 28.7. The largest absolute Gasteiger partial charge is 0.454 e. The van der Waals surface area contributed by atoms with Crippen molar-refractivity contribution in [2.75, 3.05) is 36.2 Å². The summed E-state index contributed by atoms with van der Waals surface area (Å²) in [7, 11) is -12.3. The molecule has 14 N–H and O–H groups in total. The third-order valence-electron chi connectivity index (χ3n) is 12.1. The van der Waals surface area contributed by atoms with Gasteiger partial charge in [0.1, 0.15) is 49.1 Å². The number of nitrogens with one attached hydrogen (secondary N) is 2. The fourth-order valence-electron chi connectivity index (χ4n) is 7.79. The first-order chi connectivity index (χ1) is 40.6. The van der Waals surface area contributed by atoms with E-state index in [0.29, 0.717) is 5.56 Å². The normalized spacial score (nSPS) is 23.0. The molecule has 86 heavy (non-hydrogen) atoms. The zero-order valence-corrected chi connectivity index (χ0v) is 49.2. The van der Waals surface area contributed by atoms with Crippen LogP contribution in [0.2, 0.25) is 0 Å². The molecule has 7 aromatic rings. The van der Waals surface area contributed by atoms with Crippen molar-refractivity contribution in [2.24, 2.45) is 0 Å². The molecule has 39 nitrogen and oxygen atoms in total. The first-order valence-electron chi connectivity index (χ1n) is 25.8. The van der Waals surface area contributed by atoms with Gasteiger partial charge in [-0.2, -0.15) is 0 Å². The monoisotopic (exact) mass is 1270 g/mol. The Balaban J connectivity index is 0.000000185. The number of hydrogen-bond donors (Lipinski definition) is 11. The van der Waals surface area contributed by atoms with E-state index in [1.165, 1.54) is 32.8 Å².